The Morgan fingerprint density at radius 1 is 0.941 bits per heavy atom. The lowest BCUT2D eigenvalue weighted by molar-refractivity contribution is -0.142. The average Bonchev–Trinajstić information content (AvgIpc) is 2.85. The summed E-state index contributed by atoms with van der Waals surface area (Å²) in [5.74, 6) is 0.516. The number of likely N-dealkylation sites (N-methyl/N-ethyl adjacent to an activating group) is 1. The van der Waals surface area contributed by atoms with E-state index >= 15 is 0 Å². The number of halogens is 1. The van der Waals surface area contributed by atoms with Crippen LogP contribution in [0.15, 0.2) is 83.3 Å². The fourth-order valence-corrected chi connectivity index (χ4v) is 4.09. The number of nitrogens with zero attached hydrogens (tertiary/aromatic N) is 1. The van der Waals surface area contributed by atoms with Gasteiger partial charge in [-0.3, -0.25) is 9.59 Å². The van der Waals surface area contributed by atoms with Crippen molar-refractivity contribution in [3.63, 3.8) is 0 Å². The summed E-state index contributed by atoms with van der Waals surface area (Å²) in [6, 6.07) is 23.9. The molecule has 0 heterocycles. The molecule has 0 bridgehead atoms. The number of para-hydroxylation sites is 2. The largest absolute Gasteiger partial charge is 0.493 e. The molecule has 34 heavy (non-hydrogen) atoms. The highest BCUT2D eigenvalue weighted by molar-refractivity contribution is 9.10. The molecule has 3 aromatic carbocycles. The lowest BCUT2D eigenvalue weighted by Crippen LogP contribution is -2.51. The van der Waals surface area contributed by atoms with Gasteiger partial charge in [-0.1, -0.05) is 70.5 Å². The van der Waals surface area contributed by atoms with Crippen LogP contribution in [-0.4, -0.2) is 43.0 Å². The van der Waals surface area contributed by atoms with Crippen molar-refractivity contribution in [3.05, 3.63) is 94.5 Å². The Morgan fingerprint density at radius 3 is 2.29 bits per heavy atom. The molecule has 0 radical (unpaired) electrons. The van der Waals surface area contributed by atoms with Crippen LogP contribution in [0, 0.1) is 0 Å². The molecule has 2 amide bonds. The Morgan fingerprint density at radius 2 is 1.62 bits per heavy atom. The van der Waals surface area contributed by atoms with Crippen molar-refractivity contribution in [2.45, 2.75) is 25.9 Å². The van der Waals surface area contributed by atoms with Crippen LogP contribution in [0.5, 0.6) is 11.5 Å². The van der Waals surface area contributed by atoms with Gasteiger partial charge in [-0.15, -0.1) is 0 Å². The lowest BCUT2D eigenvalue weighted by Gasteiger charge is -2.31. The van der Waals surface area contributed by atoms with Crippen LogP contribution < -0.4 is 14.8 Å². The first kappa shape index (κ1) is 25.3. The summed E-state index contributed by atoms with van der Waals surface area (Å²) >= 11 is 3.49. The van der Waals surface area contributed by atoms with Crippen molar-refractivity contribution in [1.29, 1.82) is 0 Å². The Balaban J connectivity index is 1.90. The van der Waals surface area contributed by atoms with Crippen molar-refractivity contribution in [2.75, 3.05) is 20.3 Å². The number of carbonyl (C=O) groups excluding carboxylic acids is 2. The van der Waals surface area contributed by atoms with Gasteiger partial charge in [0.25, 0.3) is 5.91 Å². The Hall–Kier alpha value is -3.32. The lowest BCUT2D eigenvalue weighted by atomic mass is 10.0. The van der Waals surface area contributed by atoms with E-state index < -0.39 is 6.04 Å². The van der Waals surface area contributed by atoms with E-state index in [9.17, 15) is 9.59 Å². The summed E-state index contributed by atoms with van der Waals surface area (Å²) in [4.78, 5) is 28.3. The summed E-state index contributed by atoms with van der Waals surface area (Å²) in [5.41, 5.74) is 1.87. The Labute approximate surface area is 209 Å². The second-order valence-corrected chi connectivity index (χ2v) is 8.61. The molecule has 0 unspecified atom stereocenters. The Bertz CT molecular complexity index is 1090. The van der Waals surface area contributed by atoms with Gasteiger partial charge in [0.2, 0.25) is 5.91 Å². The van der Waals surface area contributed by atoms with Gasteiger partial charge in [0.05, 0.1) is 7.11 Å². The number of carbonyl (C=O) groups is 2. The van der Waals surface area contributed by atoms with E-state index in [-0.39, 0.29) is 25.0 Å². The topological polar surface area (TPSA) is 67.9 Å². The van der Waals surface area contributed by atoms with Crippen LogP contribution in [0.25, 0.3) is 0 Å². The number of nitrogens with one attached hydrogen (secondary N) is 1. The van der Waals surface area contributed by atoms with E-state index in [1.807, 2.05) is 73.7 Å². The zero-order chi connectivity index (χ0) is 24.3. The first-order valence-electron chi connectivity index (χ1n) is 11.1. The highest BCUT2D eigenvalue weighted by Gasteiger charge is 2.30. The second-order valence-electron chi connectivity index (χ2n) is 7.69. The Kier molecular flexibility index (Phi) is 9.52. The van der Waals surface area contributed by atoms with Crippen LogP contribution in [-0.2, 0) is 22.6 Å². The normalized spacial score (nSPS) is 11.4. The zero-order valence-electron chi connectivity index (χ0n) is 19.4. The van der Waals surface area contributed by atoms with Gasteiger partial charge >= 0.3 is 0 Å². The number of methoxy groups -OCH3 is 1. The van der Waals surface area contributed by atoms with E-state index in [2.05, 4.69) is 21.2 Å². The third kappa shape index (κ3) is 7.09. The number of ether oxygens (including phenoxy) is 2. The van der Waals surface area contributed by atoms with Gasteiger partial charge in [-0.05, 0) is 42.3 Å². The fraction of sp³-hybridized carbons (Fsp3) is 0.259. The zero-order valence-corrected chi connectivity index (χ0v) is 21.0. The van der Waals surface area contributed by atoms with E-state index in [0.29, 0.717) is 24.5 Å². The highest BCUT2D eigenvalue weighted by Crippen LogP contribution is 2.26. The molecule has 0 aromatic heterocycles. The molecule has 3 rings (SSSR count). The van der Waals surface area contributed by atoms with Gasteiger partial charge < -0.3 is 19.7 Å². The number of benzene rings is 3. The van der Waals surface area contributed by atoms with Gasteiger partial charge in [0, 0.05) is 24.0 Å². The van der Waals surface area contributed by atoms with Crippen molar-refractivity contribution in [2.24, 2.45) is 0 Å². The van der Waals surface area contributed by atoms with Crippen molar-refractivity contribution >= 4 is 27.7 Å². The van der Waals surface area contributed by atoms with Crippen LogP contribution in [0.4, 0.5) is 0 Å². The molecule has 178 valence electrons. The maximum Gasteiger partial charge on any atom is 0.261 e. The second kappa shape index (κ2) is 12.8. The van der Waals surface area contributed by atoms with E-state index in [1.165, 1.54) is 0 Å². The van der Waals surface area contributed by atoms with Crippen molar-refractivity contribution < 1.29 is 19.1 Å². The molecule has 0 saturated heterocycles. The standard InChI is InChI=1S/C27H29BrN2O4/c1-3-29-27(32)23(17-20-10-5-4-6-11-20)30(18-21-12-9-13-22(28)16-21)26(31)19-34-25-15-8-7-14-24(25)33-2/h4-16,23H,3,17-19H2,1-2H3,(H,29,32)/t23-/m1/s1. The monoisotopic (exact) mass is 524 g/mol. The third-order valence-corrected chi connectivity index (χ3v) is 5.78. The van der Waals surface area contributed by atoms with Crippen molar-refractivity contribution in [1.82, 2.24) is 10.2 Å². The number of rotatable bonds is 11. The molecule has 1 atom stereocenters. The molecule has 0 aliphatic carbocycles. The summed E-state index contributed by atoms with van der Waals surface area (Å²) in [6.07, 6.45) is 0.390. The summed E-state index contributed by atoms with van der Waals surface area (Å²) < 4.78 is 12.0. The van der Waals surface area contributed by atoms with Gasteiger partial charge in [-0.2, -0.15) is 0 Å². The van der Waals surface area contributed by atoms with Crippen LogP contribution in [0.2, 0.25) is 0 Å². The molecule has 7 heteroatoms. The first-order chi connectivity index (χ1) is 16.5. The van der Waals surface area contributed by atoms with Gasteiger partial charge in [0.1, 0.15) is 6.04 Å². The molecular weight excluding hydrogens is 496 g/mol. The van der Waals surface area contributed by atoms with Crippen molar-refractivity contribution in [3.8, 4) is 11.5 Å². The van der Waals surface area contributed by atoms with E-state index in [1.54, 1.807) is 24.1 Å². The molecule has 1 N–H and O–H groups in total. The van der Waals surface area contributed by atoms with Gasteiger partial charge in [0.15, 0.2) is 18.1 Å². The summed E-state index contributed by atoms with van der Waals surface area (Å²) in [5, 5.41) is 2.89. The summed E-state index contributed by atoms with van der Waals surface area (Å²) in [7, 11) is 1.55. The number of hydrogen-bond acceptors (Lipinski definition) is 4. The molecule has 3 aromatic rings. The SMILES string of the molecule is CCNC(=O)[C@@H](Cc1ccccc1)N(Cc1cccc(Br)c1)C(=O)COc1ccccc1OC. The fourth-order valence-electron chi connectivity index (χ4n) is 3.64. The minimum absolute atomic E-state index is 0.202. The number of amides is 2. The van der Waals surface area contributed by atoms with E-state index in [0.717, 1.165) is 15.6 Å². The number of hydrogen-bond donors (Lipinski definition) is 1. The predicted molar refractivity (Wildman–Crippen MR) is 136 cm³/mol. The third-order valence-electron chi connectivity index (χ3n) is 5.28. The van der Waals surface area contributed by atoms with Gasteiger partial charge in [-0.25, -0.2) is 0 Å². The summed E-state index contributed by atoms with van der Waals surface area (Å²) in [6.45, 7) is 2.38. The maximum absolute atomic E-state index is 13.5. The molecule has 0 spiro atoms. The molecule has 0 aliphatic heterocycles. The van der Waals surface area contributed by atoms with Crippen LogP contribution in [0.1, 0.15) is 18.1 Å². The molecule has 0 saturated carbocycles. The van der Waals surface area contributed by atoms with Crippen LogP contribution >= 0.6 is 15.9 Å². The molecule has 0 aliphatic rings. The van der Waals surface area contributed by atoms with E-state index in [4.69, 9.17) is 9.47 Å². The smallest absolute Gasteiger partial charge is 0.261 e. The average molecular weight is 525 g/mol. The predicted octanol–water partition coefficient (Wildman–Crippen LogP) is 4.61. The molecule has 6 nitrogen and oxygen atoms in total. The van der Waals surface area contributed by atoms with Crippen LogP contribution in [0.3, 0.4) is 0 Å². The molecular formula is C27H29BrN2O4. The maximum atomic E-state index is 13.5. The minimum atomic E-state index is -0.699. The highest BCUT2D eigenvalue weighted by atomic mass is 79.9. The quantitative estimate of drug-likeness (QED) is 0.397. The molecule has 0 fully saturated rings. The minimum Gasteiger partial charge on any atom is -0.493 e. The first-order valence-corrected chi connectivity index (χ1v) is 11.9.